The van der Waals surface area contributed by atoms with Crippen molar-refractivity contribution in [3.8, 4) is 0 Å². The molecule has 132 valence electrons. The predicted molar refractivity (Wildman–Crippen MR) is 84.8 cm³/mol. The summed E-state index contributed by atoms with van der Waals surface area (Å²) in [7, 11) is 0. The molecule has 0 aliphatic heterocycles. The third kappa shape index (κ3) is 5.34. The van der Waals surface area contributed by atoms with Gasteiger partial charge in [-0.3, -0.25) is 4.79 Å². The summed E-state index contributed by atoms with van der Waals surface area (Å²) in [6.07, 6.45) is -4.68. The number of hydrogen-bond donors (Lipinski definition) is 1. The van der Waals surface area contributed by atoms with Crippen molar-refractivity contribution in [2.75, 3.05) is 6.61 Å². The Labute approximate surface area is 142 Å². The van der Waals surface area contributed by atoms with E-state index in [0.717, 1.165) is 23.3 Å². The maximum atomic E-state index is 12.9. The summed E-state index contributed by atoms with van der Waals surface area (Å²) in [5.74, 6) is -1.79. The van der Waals surface area contributed by atoms with Gasteiger partial charge in [-0.1, -0.05) is 42.0 Å². The van der Waals surface area contributed by atoms with E-state index in [-0.39, 0.29) is 6.54 Å². The number of benzene rings is 2. The van der Waals surface area contributed by atoms with Crippen LogP contribution in [0.4, 0.5) is 13.2 Å². The number of nitrogens with one attached hydrogen (secondary N) is 1. The van der Waals surface area contributed by atoms with Crippen LogP contribution >= 0.6 is 0 Å². The van der Waals surface area contributed by atoms with Crippen LogP contribution in [0.25, 0.3) is 0 Å². The van der Waals surface area contributed by atoms with Gasteiger partial charge < -0.3 is 10.1 Å². The van der Waals surface area contributed by atoms with E-state index in [0.29, 0.717) is 0 Å². The van der Waals surface area contributed by atoms with Gasteiger partial charge in [-0.05, 0) is 24.6 Å². The third-order valence-electron chi connectivity index (χ3n) is 3.40. The fourth-order valence-electron chi connectivity index (χ4n) is 2.07. The van der Waals surface area contributed by atoms with Crippen molar-refractivity contribution in [2.24, 2.45) is 0 Å². The Morgan fingerprint density at radius 3 is 2.32 bits per heavy atom. The summed E-state index contributed by atoms with van der Waals surface area (Å²) >= 11 is 0. The second kappa shape index (κ2) is 7.83. The molecule has 0 bridgehead atoms. The lowest BCUT2D eigenvalue weighted by Crippen LogP contribution is -2.28. The molecular weight excluding hydrogens is 335 g/mol. The molecule has 0 fully saturated rings. The molecule has 1 amide bonds. The first-order valence-electron chi connectivity index (χ1n) is 7.43. The number of hydrogen-bond acceptors (Lipinski definition) is 3. The van der Waals surface area contributed by atoms with E-state index in [2.05, 4.69) is 10.1 Å². The quantitative estimate of drug-likeness (QED) is 0.839. The third-order valence-corrected chi connectivity index (χ3v) is 3.40. The van der Waals surface area contributed by atoms with Crippen molar-refractivity contribution in [1.29, 1.82) is 0 Å². The summed E-state index contributed by atoms with van der Waals surface area (Å²) in [6, 6.07) is 11.7. The van der Waals surface area contributed by atoms with Gasteiger partial charge in [-0.25, -0.2) is 4.79 Å². The number of carbonyl (C=O) groups excluding carboxylic acids is 2. The van der Waals surface area contributed by atoms with Crippen molar-refractivity contribution in [2.45, 2.75) is 19.6 Å². The molecule has 0 atom stereocenters. The number of esters is 1. The van der Waals surface area contributed by atoms with E-state index in [9.17, 15) is 22.8 Å². The summed E-state index contributed by atoms with van der Waals surface area (Å²) in [5.41, 5.74) is 0.210. The minimum absolute atomic E-state index is 0.232. The molecule has 2 aromatic rings. The first-order valence-corrected chi connectivity index (χ1v) is 7.43. The Hall–Kier alpha value is -2.83. The molecule has 0 radical (unpaired) electrons. The fourth-order valence-corrected chi connectivity index (χ4v) is 2.07. The molecule has 0 aromatic heterocycles. The second-order valence-corrected chi connectivity index (χ2v) is 5.38. The Morgan fingerprint density at radius 2 is 1.68 bits per heavy atom. The van der Waals surface area contributed by atoms with Gasteiger partial charge in [0.1, 0.15) is 0 Å². The number of ether oxygens (including phenoxy) is 1. The molecule has 1 N–H and O–H groups in total. The molecule has 0 aliphatic rings. The minimum Gasteiger partial charge on any atom is -0.452 e. The van der Waals surface area contributed by atoms with Crippen LogP contribution < -0.4 is 5.32 Å². The van der Waals surface area contributed by atoms with E-state index in [1.165, 1.54) is 12.1 Å². The molecule has 0 saturated carbocycles. The molecule has 25 heavy (non-hydrogen) atoms. The number of alkyl halides is 3. The monoisotopic (exact) mass is 351 g/mol. The molecule has 0 saturated heterocycles. The van der Waals surface area contributed by atoms with Crippen LogP contribution in [0.15, 0.2) is 48.5 Å². The van der Waals surface area contributed by atoms with Crippen LogP contribution in [0.1, 0.15) is 27.0 Å². The summed E-state index contributed by atoms with van der Waals surface area (Å²) in [5, 5.41) is 2.53. The Balaban J connectivity index is 1.89. The largest absolute Gasteiger partial charge is 0.452 e. The summed E-state index contributed by atoms with van der Waals surface area (Å²) < 4.78 is 43.3. The van der Waals surface area contributed by atoms with Crippen molar-refractivity contribution in [3.63, 3.8) is 0 Å². The van der Waals surface area contributed by atoms with Crippen LogP contribution in [0.5, 0.6) is 0 Å². The molecule has 0 aliphatic carbocycles. The number of carbonyl (C=O) groups is 2. The van der Waals surface area contributed by atoms with E-state index < -0.39 is 35.8 Å². The van der Waals surface area contributed by atoms with Crippen molar-refractivity contribution >= 4 is 11.9 Å². The standard InChI is InChI=1S/C18H16F3NO3/c1-12-6-8-13(9-7-12)10-22-16(23)11-25-17(24)14-4-2-3-5-15(14)18(19,20)21/h2-9H,10-11H2,1H3,(H,22,23). The van der Waals surface area contributed by atoms with Crippen LogP contribution in [-0.2, 0) is 22.3 Å². The Kier molecular flexibility index (Phi) is 5.80. The van der Waals surface area contributed by atoms with Crippen LogP contribution in [-0.4, -0.2) is 18.5 Å². The predicted octanol–water partition coefficient (Wildman–Crippen LogP) is 3.49. The summed E-state index contributed by atoms with van der Waals surface area (Å²) in [6.45, 7) is 1.51. The highest BCUT2D eigenvalue weighted by Crippen LogP contribution is 2.32. The normalized spacial score (nSPS) is 11.0. The SMILES string of the molecule is Cc1ccc(CNC(=O)COC(=O)c2ccccc2C(F)(F)F)cc1. The number of halogens is 3. The first-order chi connectivity index (χ1) is 11.8. The van der Waals surface area contributed by atoms with E-state index in [1.807, 2.05) is 31.2 Å². The Morgan fingerprint density at radius 1 is 1.04 bits per heavy atom. The topological polar surface area (TPSA) is 55.4 Å². The van der Waals surface area contributed by atoms with Crippen molar-refractivity contribution in [3.05, 3.63) is 70.8 Å². The molecule has 7 heteroatoms. The lowest BCUT2D eigenvalue weighted by molar-refractivity contribution is -0.138. The molecule has 0 spiro atoms. The van der Waals surface area contributed by atoms with Gasteiger partial charge >= 0.3 is 12.1 Å². The second-order valence-electron chi connectivity index (χ2n) is 5.38. The van der Waals surface area contributed by atoms with E-state index >= 15 is 0 Å². The average molecular weight is 351 g/mol. The maximum absolute atomic E-state index is 12.9. The highest BCUT2D eigenvalue weighted by Gasteiger charge is 2.35. The van der Waals surface area contributed by atoms with Gasteiger partial charge in [0.25, 0.3) is 5.91 Å². The van der Waals surface area contributed by atoms with Gasteiger partial charge in [-0.15, -0.1) is 0 Å². The van der Waals surface area contributed by atoms with E-state index in [1.54, 1.807) is 0 Å². The number of aryl methyl sites for hydroxylation is 1. The van der Waals surface area contributed by atoms with Crippen molar-refractivity contribution < 1.29 is 27.5 Å². The molecule has 0 unspecified atom stereocenters. The fraction of sp³-hybridized carbons (Fsp3) is 0.222. The minimum atomic E-state index is -4.68. The summed E-state index contributed by atoms with van der Waals surface area (Å²) in [4.78, 5) is 23.5. The van der Waals surface area contributed by atoms with Crippen molar-refractivity contribution in [1.82, 2.24) is 5.32 Å². The van der Waals surface area contributed by atoms with Gasteiger partial charge in [0, 0.05) is 6.54 Å². The molecule has 4 nitrogen and oxygen atoms in total. The molecular formula is C18H16F3NO3. The molecule has 2 aromatic carbocycles. The van der Waals surface area contributed by atoms with Crippen LogP contribution in [0.2, 0.25) is 0 Å². The van der Waals surface area contributed by atoms with E-state index in [4.69, 9.17) is 0 Å². The number of rotatable bonds is 5. The first kappa shape index (κ1) is 18.5. The Bertz CT molecular complexity index is 755. The highest BCUT2D eigenvalue weighted by atomic mass is 19.4. The zero-order chi connectivity index (χ0) is 18.4. The lowest BCUT2D eigenvalue weighted by atomic mass is 10.1. The highest BCUT2D eigenvalue weighted by molar-refractivity contribution is 5.93. The van der Waals surface area contributed by atoms with Crippen LogP contribution in [0.3, 0.4) is 0 Å². The number of amides is 1. The lowest BCUT2D eigenvalue weighted by Gasteiger charge is -2.12. The molecule has 0 heterocycles. The van der Waals surface area contributed by atoms with Gasteiger partial charge in [0.05, 0.1) is 11.1 Å². The van der Waals surface area contributed by atoms with Gasteiger partial charge in [-0.2, -0.15) is 13.2 Å². The average Bonchev–Trinajstić information content (AvgIpc) is 2.58. The molecule has 2 rings (SSSR count). The zero-order valence-electron chi connectivity index (χ0n) is 13.4. The van der Waals surface area contributed by atoms with Gasteiger partial charge in [0.2, 0.25) is 0 Å². The van der Waals surface area contributed by atoms with Gasteiger partial charge in [0.15, 0.2) is 6.61 Å². The smallest absolute Gasteiger partial charge is 0.417 e. The maximum Gasteiger partial charge on any atom is 0.417 e. The zero-order valence-corrected chi connectivity index (χ0v) is 13.4. The van der Waals surface area contributed by atoms with Crippen LogP contribution in [0, 0.1) is 6.92 Å².